The molecule has 0 aliphatic rings. The van der Waals surface area contributed by atoms with Crippen LogP contribution in [-0.2, 0) is 0 Å². The van der Waals surface area contributed by atoms with Crippen LogP contribution in [0, 0.1) is 20.8 Å². The molecule has 0 aliphatic heterocycles. The van der Waals surface area contributed by atoms with Gasteiger partial charge in [0.25, 0.3) is 5.91 Å². The monoisotopic (exact) mass is 440 g/mol. The van der Waals surface area contributed by atoms with Crippen molar-refractivity contribution in [1.82, 2.24) is 20.1 Å². The number of halogens is 1. The predicted octanol–water partition coefficient (Wildman–Crippen LogP) is 5.16. The van der Waals surface area contributed by atoms with Crippen molar-refractivity contribution in [1.29, 1.82) is 0 Å². The van der Waals surface area contributed by atoms with E-state index in [1.807, 2.05) is 26.0 Å². The lowest BCUT2D eigenvalue weighted by Crippen LogP contribution is -2.11. The minimum atomic E-state index is -0.281. The van der Waals surface area contributed by atoms with Gasteiger partial charge < -0.3 is 15.2 Å². The molecule has 4 rings (SSSR count). The number of amides is 1. The molecule has 30 heavy (non-hydrogen) atoms. The molecule has 0 atom stereocenters. The number of thiazole rings is 1. The van der Waals surface area contributed by atoms with Crippen LogP contribution >= 0.6 is 22.9 Å². The molecule has 0 unspecified atom stereocenters. The van der Waals surface area contributed by atoms with Crippen molar-refractivity contribution in [2.24, 2.45) is 0 Å². The van der Waals surface area contributed by atoms with E-state index in [1.54, 1.807) is 25.3 Å². The number of benzene rings is 1. The Kier molecular flexibility index (Phi) is 5.47. The normalized spacial score (nSPS) is 10.8. The summed E-state index contributed by atoms with van der Waals surface area (Å²) in [6.45, 7) is 5.52. The maximum atomic E-state index is 12.6. The molecule has 1 amide bonds. The Bertz CT molecular complexity index is 1220. The molecule has 0 saturated carbocycles. The summed E-state index contributed by atoms with van der Waals surface area (Å²) in [6, 6.07) is 7.23. The third-order valence-electron chi connectivity index (χ3n) is 4.29. The third-order valence-corrected chi connectivity index (χ3v) is 5.52. The Morgan fingerprint density at radius 3 is 2.77 bits per heavy atom. The van der Waals surface area contributed by atoms with Gasteiger partial charge in [-0.25, -0.2) is 15.0 Å². The zero-order valence-electron chi connectivity index (χ0n) is 16.4. The lowest BCUT2D eigenvalue weighted by Gasteiger charge is -2.08. The fourth-order valence-electron chi connectivity index (χ4n) is 2.82. The molecule has 0 fully saturated rings. The van der Waals surface area contributed by atoms with E-state index < -0.39 is 0 Å². The second-order valence-corrected chi connectivity index (χ2v) is 7.98. The Labute approximate surface area is 181 Å². The average Bonchev–Trinajstić information content (AvgIpc) is 3.33. The highest BCUT2D eigenvalue weighted by Gasteiger charge is 2.15. The number of anilines is 3. The number of carbonyl (C=O) groups is 1. The predicted molar refractivity (Wildman–Crippen MR) is 117 cm³/mol. The zero-order chi connectivity index (χ0) is 21.3. The van der Waals surface area contributed by atoms with Crippen molar-refractivity contribution in [3.63, 3.8) is 0 Å². The topological polar surface area (TPSA) is 106 Å². The number of rotatable bonds is 5. The summed E-state index contributed by atoms with van der Waals surface area (Å²) < 4.78 is 5.00. The molecule has 0 spiro atoms. The van der Waals surface area contributed by atoms with E-state index in [0.29, 0.717) is 38.1 Å². The first-order valence-electron chi connectivity index (χ1n) is 8.97. The fraction of sp³-hybridized carbons (Fsp3) is 0.150. The van der Waals surface area contributed by atoms with E-state index in [-0.39, 0.29) is 5.91 Å². The number of hydrogen-bond donors (Lipinski definition) is 2. The first-order chi connectivity index (χ1) is 14.4. The van der Waals surface area contributed by atoms with Crippen LogP contribution in [0.4, 0.5) is 16.6 Å². The molecular formula is C20H17ClN6O2S. The van der Waals surface area contributed by atoms with Crippen molar-refractivity contribution in [3.8, 4) is 11.3 Å². The number of para-hydroxylation sites is 1. The Hall–Kier alpha value is -3.30. The lowest BCUT2D eigenvalue weighted by molar-refractivity contribution is 0.103. The highest BCUT2D eigenvalue weighted by molar-refractivity contribution is 7.17. The van der Waals surface area contributed by atoms with E-state index >= 15 is 0 Å². The molecule has 152 valence electrons. The second kappa shape index (κ2) is 8.21. The second-order valence-electron chi connectivity index (χ2n) is 6.54. The van der Waals surface area contributed by atoms with Gasteiger partial charge in [0.05, 0.1) is 33.9 Å². The Balaban J connectivity index is 1.53. The van der Waals surface area contributed by atoms with Crippen molar-refractivity contribution < 1.29 is 9.32 Å². The van der Waals surface area contributed by atoms with Crippen molar-refractivity contribution in [2.75, 3.05) is 10.6 Å². The van der Waals surface area contributed by atoms with Gasteiger partial charge in [-0.1, -0.05) is 40.2 Å². The van der Waals surface area contributed by atoms with E-state index in [4.69, 9.17) is 16.1 Å². The highest BCUT2D eigenvalue weighted by Crippen LogP contribution is 2.29. The quantitative estimate of drug-likeness (QED) is 0.441. The van der Waals surface area contributed by atoms with Gasteiger partial charge in [0.1, 0.15) is 22.8 Å². The highest BCUT2D eigenvalue weighted by atomic mass is 35.5. The van der Waals surface area contributed by atoms with Crippen molar-refractivity contribution in [3.05, 3.63) is 63.7 Å². The molecule has 0 saturated heterocycles. The summed E-state index contributed by atoms with van der Waals surface area (Å²) in [5, 5.41) is 10.9. The Morgan fingerprint density at radius 1 is 1.20 bits per heavy atom. The summed E-state index contributed by atoms with van der Waals surface area (Å²) in [6.07, 6.45) is 3.05. The van der Waals surface area contributed by atoms with Gasteiger partial charge in [0, 0.05) is 6.07 Å². The van der Waals surface area contributed by atoms with Crippen LogP contribution in [-0.4, -0.2) is 26.0 Å². The summed E-state index contributed by atoms with van der Waals surface area (Å²) in [5.74, 6) is 0.858. The molecule has 10 heteroatoms. The van der Waals surface area contributed by atoms with Crippen molar-refractivity contribution >= 4 is 45.5 Å². The SMILES string of the molecule is Cc1nc(Nc2ncc(C(=O)Nc3c(C)cccc3Cl)s2)cc(-c2conc2C)n1. The number of aromatic nitrogens is 4. The number of nitrogens with one attached hydrogen (secondary N) is 2. The fourth-order valence-corrected chi connectivity index (χ4v) is 3.81. The molecule has 0 aliphatic carbocycles. The molecule has 0 radical (unpaired) electrons. The van der Waals surface area contributed by atoms with Crippen molar-refractivity contribution in [2.45, 2.75) is 20.8 Å². The summed E-state index contributed by atoms with van der Waals surface area (Å²) in [7, 11) is 0. The molecule has 3 aromatic heterocycles. The van der Waals surface area contributed by atoms with E-state index in [1.165, 1.54) is 17.5 Å². The molecule has 3 heterocycles. The largest absolute Gasteiger partial charge is 0.364 e. The minimum absolute atomic E-state index is 0.281. The molecular weight excluding hydrogens is 424 g/mol. The minimum Gasteiger partial charge on any atom is -0.364 e. The number of nitrogens with zero attached hydrogens (tertiary/aromatic N) is 4. The summed E-state index contributed by atoms with van der Waals surface area (Å²) >= 11 is 7.40. The van der Waals surface area contributed by atoms with Crippen LogP contribution in [0.15, 0.2) is 41.2 Å². The standard InChI is InChI=1S/C20H17ClN6O2S/c1-10-5-4-6-14(21)18(10)26-19(28)16-8-22-20(30-16)25-17-7-15(23-12(3)24-17)13-9-29-27-11(13)2/h4-9H,1-3H3,(H,26,28)(H,22,23,24,25). The van der Waals surface area contributed by atoms with Gasteiger partial charge >= 0.3 is 0 Å². The van der Waals surface area contributed by atoms with Crippen LogP contribution < -0.4 is 10.6 Å². The first-order valence-corrected chi connectivity index (χ1v) is 10.2. The first kappa shape index (κ1) is 20.0. The van der Waals surface area contributed by atoms with Crippen LogP contribution in [0.2, 0.25) is 5.02 Å². The number of hydrogen-bond acceptors (Lipinski definition) is 8. The maximum absolute atomic E-state index is 12.6. The molecule has 8 nitrogen and oxygen atoms in total. The maximum Gasteiger partial charge on any atom is 0.267 e. The molecule has 4 aromatic rings. The van der Waals surface area contributed by atoms with E-state index in [9.17, 15) is 4.79 Å². The van der Waals surface area contributed by atoms with Gasteiger partial charge in [0.15, 0.2) is 5.13 Å². The van der Waals surface area contributed by atoms with Gasteiger partial charge in [-0.05, 0) is 32.4 Å². The van der Waals surface area contributed by atoms with Gasteiger partial charge in [-0.3, -0.25) is 4.79 Å². The number of aryl methyl sites for hydroxylation is 3. The van der Waals surface area contributed by atoms with Crippen LogP contribution in [0.25, 0.3) is 11.3 Å². The van der Waals surface area contributed by atoms with Gasteiger partial charge in [-0.2, -0.15) is 0 Å². The van der Waals surface area contributed by atoms with Gasteiger partial charge in [-0.15, -0.1) is 0 Å². The molecule has 2 N–H and O–H groups in total. The van der Waals surface area contributed by atoms with Crippen LogP contribution in [0.3, 0.4) is 0 Å². The number of carbonyl (C=O) groups excluding carboxylic acids is 1. The lowest BCUT2D eigenvalue weighted by atomic mass is 10.2. The Morgan fingerprint density at radius 2 is 2.03 bits per heavy atom. The third kappa shape index (κ3) is 4.17. The average molecular weight is 441 g/mol. The zero-order valence-corrected chi connectivity index (χ0v) is 17.9. The molecule has 0 bridgehead atoms. The summed E-state index contributed by atoms with van der Waals surface area (Å²) in [5.41, 5.74) is 3.69. The summed E-state index contributed by atoms with van der Waals surface area (Å²) in [4.78, 5) is 26.2. The van der Waals surface area contributed by atoms with E-state index in [0.717, 1.165) is 16.8 Å². The van der Waals surface area contributed by atoms with Crippen LogP contribution in [0.1, 0.15) is 26.8 Å². The van der Waals surface area contributed by atoms with Gasteiger partial charge in [0.2, 0.25) is 0 Å². The van der Waals surface area contributed by atoms with Crippen LogP contribution in [0.5, 0.6) is 0 Å². The smallest absolute Gasteiger partial charge is 0.267 e. The molecule has 1 aromatic carbocycles. The van der Waals surface area contributed by atoms with E-state index in [2.05, 4.69) is 30.7 Å².